The average molecular weight is 265 g/mol. The molecule has 0 spiro atoms. The summed E-state index contributed by atoms with van der Waals surface area (Å²) in [6.45, 7) is -2.87. The van der Waals surface area contributed by atoms with E-state index in [-0.39, 0.29) is 5.75 Å². The van der Waals surface area contributed by atoms with Crippen molar-refractivity contribution in [3.05, 3.63) is 30.6 Å². The van der Waals surface area contributed by atoms with Crippen LogP contribution < -0.4 is 10.5 Å². The minimum absolute atomic E-state index is 0.0882. The Balaban J connectivity index is 2.01. The Morgan fingerprint density at radius 1 is 1.32 bits per heavy atom. The second-order valence-corrected chi connectivity index (χ2v) is 4.49. The molecule has 1 saturated carbocycles. The molecule has 0 aliphatic heterocycles. The van der Waals surface area contributed by atoms with Crippen molar-refractivity contribution in [2.75, 3.05) is 5.73 Å². The summed E-state index contributed by atoms with van der Waals surface area (Å²) in [6.07, 6.45) is 3.81. The van der Waals surface area contributed by atoms with Crippen molar-refractivity contribution in [2.24, 2.45) is 0 Å². The molecule has 4 nitrogen and oxygen atoms in total. The third kappa shape index (κ3) is 2.25. The van der Waals surface area contributed by atoms with Gasteiger partial charge >= 0.3 is 6.61 Å². The number of nitrogen functional groups attached to an aromatic ring is 1. The Labute approximate surface area is 108 Å². The fourth-order valence-electron chi connectivity index (χ4n) is 2.08. The van der Waals surface area contributed by atoms with E-state index in [1.165, 1.54) is 6.07 Å². The molecule has 0 amide bonds. The number of nitrogens with zero attached hydrogens (tertiary/aromatic N) is 2. The van der Waals surface area contributed by atoms with E-state index in [0.29, 0.717) is 23.1 Å². The standard InChI is InChI=1S/C13H13F2N3O/c14-13(15)19-10-4-2-1-3-9(10)11-12(16)18(7-17-11)8-5-6-8/h1-4,7-8,13H,5-6,16H2. The van der Waals surface area contributed by atoms with Gasteiger partial charge in [0.15, 0.2) is 0 Å². The number of hydrogen-bond donors (Lipinski definition) is 1. The molecule has 1 aromatic heterocycles. The molecule has 100 valence electrons. The SMILES string of the molecule is Nc1c(-c2ccccc2OC(F)F)ncn1C1CC1. The van der Waals surface area contributed by atoms with E-state index in [9.17, 15) is 8.78 Å². The van der Waals surface area contributed by atoms with Crippen LogP contribution in [0.4, 0.5) is 14.6 Å². The number of ether oxygens (including phenoxy) is 1. The Kier molecular flexibility index (Phi) is 2.85. The molecule has 2 aromatic rings. The average Bonchev–Trinajstić information content (AvgIpc) is 3.14. The van der Waals surface area contributed by atoms with Crippen LogP contribution in [0.5, 0.6) is 5.75 Å². The number of anilines is 1. The van der Waals surface area contributed by atoms with Crippen LogP contribution in [0.2, 0.25) is 0 Å². The van der Waals surface area contributed by atoms with E-state index in [1.54, 1.807) is 24.5 Å². The third-order valence-electron chi connectivity index (χ3n) is 3.13. The molecule has 2 N–H and O–H groups in total. The number of alkyl halides is 2. The Bertz CT molecular complexity index is 593. The van der Waals surface area contributed by atoms with Gasteiger partial charge in [0.25, 0.3) is 0 Å². The van der Waals surface area contributed by atoms with Gasteiger partial charge in [-0.3, -0.25) is 0 Å². The molecule has 1 aromatic carbocycles. The first-order valence-electron chi connectivity index (χ1n) is 6.03. The first-order chi connectivity index (χ1) is 9.16. The smallest absolute Gasteiger partial charge is 0.387 e. The maximum Gasteiger partial charge on any atom is 0.387 e. The quantitative estimate of drug-likeness (QED) is 0.924. The highest BCUT2D eigenvalue weighted by molar-refractivity contribution is 5.75. The zero-order chi connectivity index (χ0) is 13.4. The summed E-state index contributed by atoms with van der Waals surface area (Å²) in [4.78, 5) is 4.23. The number of rotatable bonds is 4. The molecular formula is C13H13F2N3O. The summed E-state index contributed by atoms with van der Waals surface area (Å²) >= 11 is 0. The summed E-state index contributed by atoms with van der Waals surface area (Å²) in [6, 6.07) is 6.92. The third-order valence-corrected chi connectivity index (χ3v) is 3.13. The Morgan fingerprint density at radius 3 is 2.74 bits per heavy atom. The molecule has 0 unspecified atom stereocenters. The van der Waals surface area contributed by atoms with Crippen molar-refractivity contribution in [2.45, 2.75) is 25.5 Å². The fraction of sp³-hybridized carbons (Fsp3) is 0.308. The molecule has 0 bridgehead atoms. The van der Waals surface area contributed by atoms with Crippen molar-refractivity contribution in [3.8, 4) is 17.0 Å². The van der Waals surface area contributed by atoms with E-state index in [4.69, 9.17) is 5.73 Å². The molecule has 19 heavy (non-hydrogen) atoms. The van der Waals surface area contributed by atoms with E-state index >= 15 is 0 Å². The largest absolute Gasteiger partial charge is 0.434 e. The van der Waals surface area contributed by atoms with Crippen LogP contribution in [0.3, 0.4) is 0 Å². The van der Waals surface area contributed by atoms with Crippen molar-refractivity contribution < 1.29 is 13.5 Å². The number of aromatic nitrogens is 2. The lowest BCUT2D eigenvalue weighted by molar-refractivity contribution is -0.0494. The summed E-state index contributed by atoms with van der Waals surface area (Å²) < 4.78 is 31.1. The maximum absolute atomic E-state index is 12.4. The fourth-order valence-corrected chi connectivity index (χ4v) is 2.08. The predicted molar refractivity (Wildman–Crippen MR) is 67.0 cm³/mol. The normalized spacial score (nSPS) is 14.9. The lowest BCUT2D eigenvalue weighted by Crippen LogP contribution is -2.04. The number of nitrogens with two attached hydrogens (primary N) is 1. The highest BCUT2D eigenvalue weighted by Crippen LogP contribution is 2.40. The molecule has 3 rings (SSSR count). The van der Waals surface area contributed by atoms with Crippen molar-refractivity contribution in [1.82, 2.24) is 9.55 Å². The minimum Gasteiger partial charge on any atom is -0.434 e. The van der Waals surface area contributed by atoms with Gasteiger partial charge in [0, 0.05) is 11.6 Å². The van der Waals surface area contributed by atoms with Gasteiger partial charge in [-0.15, -0.1) is 0 Å². The lowest BCUT2D eigenvalue weighted by atomic mass is 10.1. The second-order valence-electron chi connectivity index (χ2n) is 4.49. The zero-order valence-electron chi connectivity index (χ0n) is 10.1. The highest BCUT2D eigenvalue weighted by Gasteiger charge is 2.27. The first kappa shape index (κ1) is 12.0. The molecular weight excluding hydrogens is 252 g/mol. The van der Waals surface area contributed by atoms with Crippen molar-refractivity contribution in [3.63, 3.8) is 0 Å². The van der Waals surface area contributed by atoms with E-state index in [2.05, 4.69) is 9.72 Å². The highest BCUT2D eigenvalue weighted by atomic mass is 19.3. The van der Waals surface area contributed by atoms with Gasteiger partial charge in [0.1, 0.15) is 17.3 Å². The molecule has 0 atom stereocenters. The second kappa shape index (κ2) is 4.53. The Hall–Kier alpha value is -2.11. The van der Waals surface area contributed by atoms with Crippen LogP contribution in [0.15, 0.2) is 30.6 Å². The number of para-hydroxylation sites is 1. The molecule has 1 aliphatic carbocycles. The molecule has 0 radical (unpaired) electrons. The minimum atomic E-state index is -2.87. The zero-order valence-corrected chi connectivity index (χ0v) is 10.1. The topological polar surface area (TPSA) is 53.1 Å². The van der Waals surface area contributed by atoms with Gasteiger partial charge < -0.3 is 15.0 Å². The van der Waals surface area contributed by atoms with Crippen LogP contribution >= 0.6 is 0 Å². The summed E-state index contributed by atoms with van der Waals surface area (Å²) in [5.74, 6) is 0.582. The molecule has 1 aliphatic rings. The maximum atomic E-state index is 12.4. The Morgan fingerprint density at radius 2 is 2.05 bits per heavy atom. The van der Waals surface area contributed by atoms with Gasteiger partial charge in [-0.05, 0) is 25.0 Å². The number of hydrogen-bond acceptors (Lipinski definition) is 3. The summed E-state index contributed by atoms with van der Waals surface area (Å²) in [5, 5.41) is 0. The van der Waals surface area contributed by atoms with Gasteiger partial charge in [-0.2, -0.15) is 8.78 Å². The van der Waals surface area contributed by atoms with Crippen LogP contribution in [-0.4, -0.2) is 16.2 Å². The van der Waals surface area contributed by atoms with Gasteiger partial charge in [-0.1, -0.05) is 12.1 Å². The van der Waals surface area contributed by atoms with Crippen LogP contribution in [-0.2, 0) is 0 Å². The molecule has 1 fully saturated rings. The number of halogens is 2. The van der Waals surface area contributed by atoms with Crippen LogP contribution in [0, 0.1) is 0 Å². The van der Waals surface area contributed by atoms with Crippen molar-refractivity contribution in [1.29, 1.82) is 0 Å². The van der Waals surface area contributed by atoms with Gasteiger partial charge in [0.05, 0.1) is 6.33 Å². The molecule has 1 heterocycles. The van der Waals surface area contributed by atoms with Crippen LogP contribution in [0.25, 0.3) is 11.3 Å². The number of benzene rings is 1. The van der Waals surface area contributed by atoms with E-state index < -0.39 is 6.61 Å². The van der Waals surface area contributed by atoms with Gasteiger partial charge in [-0.25, -0.2) is 4.98 Å². The van der Waals surface area contributed by atoms with E-state index in [0.717, 1.165) is 12.8 Å². The monoisotopic (exact) mass is 265 g/mol. The van der Waals surface area contributed by atoms with Crippen molar-refractivity contribution >= 4 is 5.82 Å². The van der Waals surface area contributed by atoms with E-state index in [1.807, 2.05) is 4.57 Å². The first-order valence-corrected chi connectivity index (χ1v) is 6.03. The molecule has 0 saturated heterocycles. The summed E-state index contributed by atoms with van der Waals surface area (Å²) in [7, 11) is 0. The molecule has 6 heteroatoms. The predicted octanol–water partition coefficient (Wildman–Crippen LogP) is 3.07. The number of imidazole rings is 1. The summed E-state index contributed by atoms with van der Waals surface area (Å²) in [5.41, 5.74) is 7.01. The lowest BCUT2D eigenvalue weighted by Gasteiger charge is -2.10. The van der Waals surface area contributed by atoms with Crippen LogP contribution in [0.1, 0.15) is 18.9 Å². The van der Waals surface area contributed by atoms with Gasteiger partial charge in [0.2, 0.25) is 0 Å².